The molecule has 0 aliphatic carbocycles. The van der Waals surface area contributed by atoms with Crippen LogP contribution in [0.1, 0.15) is 32.3 Å². The van der Waals surface area contributed by atoms with Crippen LogP contribution in [0.15, 0.2) is 48.5 Å². The van der Waals surface area contributed by atoms with Gasteiger partial charge in [0.1, 0.15) is 12.3 Å². The van der Waals surface area contributed by atoms with Gasteiger partial charge in [-0.25, -0.2) is 4.79 Å². The summed E-state index contributed by atoms with van der Waals surface area (Å²) in [4.78, 5) is 28.5. The van der Waals surface area contributed by atoms with Crippen LogP contribution in [0.25, 0.3) is 0 Å². The number of carbonyl (C=O) groups is 2. The van der Waals surface area contributed by atoms with Crippen molar-refractivity contribution in [1.29, 1.82) is 0 Å². The van der Waals surface area contributed by atoms with Gasteiger partial charge in [-0.15, -0.1) is 0 Å². The fourth-order valence-electron chi connectivity index (χ4n) is 3.34. The maximum Gasteiger partial charge on any atom is 0.325 e. The van der Waals surface area contributed by atoms with E-state index in [0.29, 0.717) is 25.6 Å². The zero-order valence-corrected chi connectivity index (χ0v) is 16.6. The lowest BCUT2D eigenvalue weighted by Crippen LogP contribution is -2.37. The molecule has 1 aliphatic heterocycles. The molecule has 0 unspecified atom stereocenters. The number of urea groups is 1. The molecule has 148 valence electrons. The largest absolute Gasteiger partial charge is 0.494 e. The Hall–Kier alpha value is -3.02. The molecule has 2 aromatic rings. The van der Waals surface area contributed by atoms with Crippen molar-refractivity contribution in [2.45, 2.75) is 26.7 Å². The van der Waals surface area contributed by atoms with E-state index in [0.717, 1.165) is 22.7 Å². The molecular weight excluding hydrogens is 354 g/mol. The van der Waals surface area contributed by atoms with Crippen molar-refractivity contribution in [3.63, 3.8) is 0 Å². The molecule has 1 aliphatic rings. The molecule has 0 saturated carbocycles. The smallest absolute Gasteiger partial charge is 0.325 e. The van der Waals surface area contributed by atoms with E-state index in [4.69, 9.17) is 4.74 Å². The molecule has 28 heavy (non-hydrogen) atoms. The van der Waals surface area contributed by atoms with Crippen LogP contribution in [0.5, 0.6) is 5.75 Å². The van der Waals surface area contributed by atoms with Crippen LogP contribution in [-0.2, 0) is 4.79 Å². The predicted molar refractivity (Wildman–Crippen MR) is 111 cm³/mol. The summed E-state index contributed by atoms with van der Waals surface area (Å²) >= 11 is 0. The molecule has 0 bridgehead atoms. The van der Waals surface area contributed by atoms with Crippen LogP contribution >= 0.6 is 0 Å². The molecule has 2 aromatic carbocycles. The number of benzene rings is 2. The Morgan fingerprint density at radius 2 is 1.82 bits per heavy atom. The topological polar surface area (TPSA) is 61.9 Å². The molecule has 0 spiro atoms. The van der Waals surface area contributed by atoms with E-state index >= 15 is 0 Å². The predicted octanol–water partition coefficient (Wildman–Crippen LogP) is 4.09. The van der Waals surface area contributed by atoms with Crippen molar-refractivity contribution in [3.05, 3.63) is 54.1 Å². The third-order valence-corrected chi connectivity index (χ3v) is 4.75. The lowest BCUT2D eigenvalue weighted by atomic mass is 10.0. The molecule has 0 atom stereocenters. The summed E-state index contributed by atoms with van der Waals surface area (Å²) in [6.45, 7) is 7.82. The standard InChI is InChI=1S/C22H27N3O3/c1-4-28-18-11-9-17(10-12-18)25-14-13-24(22(25)27)15-21(26)23-20-8-6-5-7-19(20)16(2)3/h5-12,16H,4,13-15H2,1-3H3,(H,23,26). The average molecular weight is 381 g/mol. The quantitative estimate of drug-likeness (QED) is 0.786. The zero-order valence-electron chi connectivity index (χ0n) is 16.6. The maximum atomic E-state index is 12.7. The highest BCUT2D eigenvalue weighted by molar-refractivity contribution is 5.99. The summed E-state index contributed by atoms with van der Waals surface area (Å²) < 4.78 is 5.44. The number of hydrogen-bond acceptors (Lipinski definition) is 3. The second-order valence-electron chi connectivity index (χ2n) is 7.07. The average Bonchev–Trinajstić information content (AvgIpc) is 3.03. The molecule has 1 N–H and O–H groups in total. The van der Waals surface area contributed by atoms with Crippen molar-refractivity contribution in [3.8, 4) is 5.75 Å². The van der Waals surface area contributed by atoms with Gasteiger partial charge in [0.15, 0.2) is 0 Å². The summed E-state index contributed by atoms with van der Waals surface area (Å²) in [7, 11) is 0. The first kappa shape index (κ1) is 19.7. The van der Waals surface area contributed by atoms with Gasteiger partial charge in [0, 0.05) is 24.5 Å². The van der Waals surface area contributed by atoms with Crippen LogP contribution in [0, 0.1) is 0 Å². The molecule has 1 fully saturated rings. The van der Waals surface area contributed by atoms with Crippen molar-refractivity contribution in [2.75, 3.05) is 36.5 Å². The Labute approximate surface area is 166 Å². The minimum atomic E-state index is -0.185. The third kappa shape index (κ3) is 4.44. The zero-order chi connectivity index (χ0) is 20.1. The van der Waals surface area contributed by atoms with Gasteiger partial charge in [-0.3, -0.25) is 9.69 Å². The summed E-state index contributed by atoms with van der Waals surface area (Å²) in [6, 6.07) is 15.0. The normalized spacial score (nSPS) is 13.9. The van der Waals surface area contributed by atoms with Gasteiger partial charge in [0.05, 0.1) is 6.61 Å². The third-order valence-electron chi connectivity index (χ3n) is 4.75. The maximum absolute atomic E-state index is 12.7. The minimum absolute atomic E-state index is 0.0405. The summed E-state index contributed by atoms with van der Waals surface area (Å²) in [5, 5.41) is 2.95. The molecule has 3 rings (SSSR count). The second kappa shape index (κ2) is 8.78. The van der Waals surface area contributed by atoms with E-state index in [1.54, 1.807) is 9.80 Å². The number of carbonyl (C=O) groups excluding carboxylic acids is 2. The van der Waals surface area contributed by atoms with Crippen molar-refractivity contribution in [2.24, 2.45) is 0 Å². The lowest BCUT2D eigenvalue weighted by molar-refractivity contribution is -0.116. The first-order valence-corrected chi connectivity index (χ1v) is 9.67. The molecule has 0 aromatic heterocycles. The van der Waals surface area contributed by atoms with Gasteiger partial charge < -0.3 is 15.0 Å². The van der Waals surface area contributed by atoms with Crippen LogP contribution in [-0.4, -0.2) is 43.1 Å². The Kier molecular flexibility index (Phi) is 6.19. The van der Waals surface area contributed by atoms with E-state index in [9.17, 15) is 9.59 Å². The molecular formula is C22H27N3O3. The number of nitrogens with one attached hydrogen (secondary N) is 1. The van der Waals surface area contributed by atoms with Crippen molar-refractivity contribution < 1.29 is 14.3 Å². The second-order valence-corrected chi connectivity index (χ2v) is 7.07. The minimum Gasteiger partial charge on any atom is -0.494 e. The SMILES string of the molecule is CCOc1ccc(N2CCN(CC(=O)Nc3ccccc3C(C)C)C2=O)cc1. The number of amides is 3. The molecule has 3 amide bonds. The van der Waals surface area contributed by atoms with Crippen LogP contribution in [0.2, 0.25) is 0 Å². The molecule has 6 heteroatoms. The van der Waals surface area contributed by atoms with Gasteiger partial charge >= 0.3 is 6.03 Å². The highest BCUT2D eigenvalue weighted by Gasteiger charge is 2.31. The molecule has 1 saturated heterocycles. The number of ether oxygens (including phenoxy) is 1. The van der Waals surface area contributed by atoms with Crippen LogP contribution in [0.3, 0.4) is 0 Å². The highest BCUT2D eigenvalue weighted by atomic mass is 16.5. The van der Waals surface area contributed by atoms with Gasteiger partial charge in [0.2, 0.25) is 5.91 Å². The first-order chi connectivity index (χ1) is 13.5. The monoisotopic (exact) mass is 381 g/mol. The van der Waals surface area contributed by atoms with E-state index in [1.165, 1.54) is 0 Å². The number of rotatable bonds is 7. The fourth-order valence-corrected chi connectivity index (χ4v) is 3.34. The summed E-state index contributed by atoms with van der Waals surface area (Å²) in [6.07, 6.45) is 0. The van der Waals surface area contributed by atoms with Crippen molar-refractivity contribution in [1.82, 2.24) is 4.90 Å². The first-order valence-electron chi connectivity index (χ1n) is 9.67. The number of nitrogens with zero attached hydrogens (tertiary/aromatic N) is 2. The molecule has 1 heterocycles. The number of para-hydroxylation sites is 1. The lowest BCUT2D eigenvalue weighted by Gasteiger charge is -2.19. The van der Waals surface area contributed by atoms with Gasteiger partial charge in [-0.2, -0.15) is 0 Å². The Morgan fingerprint density at radius 3 is 2.50 bits per heavy atom. The fraction of sp³-hybridized carbons (Fsp3) is 0.364. The molecule has 0 radical (unpaired) electrons. The van der Waals surface area contributed by atoms with Crippen LogP contribution < -0.4 is 15.0 Å². The van der Waals surface area contributed by atoms with Gasteiger partial charge in [0.25, 0.3) is 0 Å². The summed E-state index contributed by atoms with van der Waals surface area (Å²) in [5.74, 6) is 0.896. The van der Waals surface area contributed by atoms with Crippen LogP contribution in [0.4, 0.5) is 16.2 Å². The van der Waals surface area contributed by atoms with E-state index in [-0.39, 0.29) is 18.5 Å². The highest BCUT2D eigenvalue weighted by Crippen LogP contribution is 2.25. The van der Waals surface area contributed by atoms with E-state index in [2.05, 4.69) is 19.2 Å². The Balaban J connectivity index is 1.61. The summed E-state index contributed by atoms with van der Waals surface area (Å²) in [5.41, 5.74) is 2.69. The number of hydrogen-bond donors (Lipinski definition) is 1. The Bertz CT molecular complexity index is 833. The van der Waals surface area contributed by atoms with Crippen molar-refractivity contribution >= 4 is 23.3 Å². The van der Waals surface area contributed by atoms with E-state index < -0.39 is 0 Å². The van der Waals surface area contributed by atoms with Gasteiger partial charge in [-0.05, 0) is 48.7 Å². The Morgan fingerprint density at radius 1 is 1.11 bits per heavy atom. The van der Waals surface area contributed by atoms with E-state index in [1.807, 2.05) is 55.5 Å². The number of anilines is 2. The van der Waals surface area contributed by atoms with Gasteiger partial charge in [-0.1, -0.05) is 32.0 Å². The molecule has 6 nitrogen and oxygen atoms in total.